The predicted octanol–water partition coefficient (Wildman–Crippen LogP) is 0.652. The number of pyridine rings is 2. The summed E-state index contributed by atoms with van der Waals surface area (Å²) in [5, 5.41) is 9.72. The van der Waals surface area contributed by atoms with Crippen molar-refractivity contribution in [1.29, 1.82) is 0 Å². The van der Waals surface area contributed by atoms with E-state index in [-0.39, 0.29) is 16.8 Å². The van der Waals surface area contributed by atoms with Crippen LogP contribution in [-0.2, 0) is 0 Å². The molecule has 0 radical (unpaired) electrons. The van der Waals surface area contributed by atoms with Crippen LogP contribution in [0, 0.1) is 0 Å². The second-order valence-electron chi connectivity index (χ2n) is 3.67. The quantitative estimate of drug-likeness (QED) is 0.407. The molecular formula is C12H7N2O3+. The van der Waals surface area contributed by atoms with Crippen LogP contribution in [0.1, 0.15) is 20.7 Å². The van der Waals surface area contributed by atoms with Crippen molar-refractivity contribution in [2.45, 2.75) is 0 Å². The van der Waals surface area contributed by atoms with E-state index < -0.39 is 11.6 Å². The van der Waals surface area contributed by atoms with Crippen molar-refractivity contribution in [1.82, 2.24) is 4.98 Å². The van der Waals surface area contributed by atoms with E-state index in [1.807, 2.05) is 0 Å². The van der Waals surface area contributed by atoms with E-state index in [1.165, 1.54) is 30.6 Å². The Hall–Kier alpha value is -2.56. The fraction of sp³-hybridized carbons (Fsp3) is 0. The molecule has 2 aromatic rings. The first-order valence-electron chi connectivity index (χ1n) is 4.98. The zero-order valence-corrected chi connectivity index (χ0v) is 8.62. The van der Waals surface area contributed by atoms with Crippen molar-refractivity contribution in [2.75, 3.05) is 0 Å². The number of hydrogen-bond donors (Lipinski definition) is 1. The minimum atomic E-state index is -0.621. The monoisotopic (exact) mass is 227 g/mol. The highest BCUT2D eigenvalue weighted by Gasteiger charge is 2.37. The van der Waals surface area contributed by atoms with Crippen LogP contribution in [0.3, 0.4) is 0 Å². The highest BCUT2D eigenvalue weighted by Crippen LogP contribution is 2.28. The van der Waals surface area contributed by atoms with Gasteiger partial charge in [0.15, 0.2) is 5.69 Å². The number of aromatic nitrogens is 2. The fourth-order valence-electron chi connectivity index (χ4n) is 1.94. The van der Waals surface area contributed by atoms with Crippen LogP contribution in [0.5, 0.6) is 0 Å². The van der Waals surface area contributed by atoms with Gasteiger partial charge in [0.05, 0.1) is 5.56 Å². The van der Waals surface area contributed by atoms with Gasteiger partial charge in [0, 0.05) is 17.0 Å². The maximum absolute atomic E-state index is 11.8. The number of carbonyl (C=O) groups is 2. The van der Waals surface area contributed by atoms with Crippen LogP contribution in [0.25, 0.3) is 11.4 Å². The van der Waals surface area contributed by atoms with Crippen LogP contribution in [-0.4, -0.2) is 21.8 Å². The van der Waals surface area contributed by atoms with Crippen LogP contribution in [0.15, 0.2) is 36.7 Å². The Morgan fingerprint density at radius 1 is 1.06 bits per heavy atom. The third kappa shape index (κ3) is 1.19. The van der Waals surface area contributed by atoms with Crippen molar-refractivity contribution in [3.63, 3.8) is 0 Å². The summed E-state index contributed by atoms with van der Waals surface area (Å²) in [6.45, 7) is 0. The molecule has 3 rings (SSSR count). The second kappa shape index (κ2) is 3.21. The molecule has 5 heteroatoms. The van der Waals surface area contributed by atoms with Gasteiger partial charge in [-0.15, -0.1) is 0 Å². The van der Waals surface area contributed by atoms with E-state index in [9.17, 15) is 14.8 Å². The first-order chi connectivity index (χ1) is 8.20. The molecule has 1 aliphatic rings. The maximum atomic E-state index is 11.8. The largest absolute Gasteiger partial charge is 0.294 e. The molecule has 1 aliphatic carbocycles. The summed E-state index contributed by atoms with van der Waals surface area (Å²) >= 11 is 0. The Bertz CT molecular complexity index is 665. The molecule has 0 unspecified atom stereocenters. The number of carbonyl (C=O) groups excluding carboxylic acids is 2. The Morgan fingerprint density at radius 2 is 1.76 bits per heavy atom. The van der Waals surface area contributed by atoms with Gasteiger partial charge >= 0.3 is 0 Å². The summed E-state index contributed by atoms with van der Waals surface area (Å²) < 4.78 is 0.811. The summed E-state index contributed by atoms with van der Waals surface area (Å²) in [5.74, 6) is -1.21. The van der Waals surface area contributed by atoms with Gasteiger partial charge in [0.1, 0.15) is 5.56 Å². The SMILES string of the molecule is O=C1C(=O)c2ccc[n+](O)c2-c2ncccc21. The number of hydrogen-bond acceptors (Lipinski definition) is 4. The average Bonchev–Trinajstić information content (AvgIpc) is 2.36. The smallest absolute Gasteiger partial charge is 0.285 e. The number of nitrogens with zero attached hydrogens (tertiary/aromatic N) is 2. The van der Waals surface area contributed by atoms with Crippen molar-refractivity contribution in [3.05, 3.63) is 47.8 Å². The summed E-state index contributed by atoms with van der Waals surface area (Å²) in [4.78, 5) is 27.7. The normalized spacial score (nSPS) is 13.2. The minimum absolute atomic E-state index is 0.172. The van der Waals surface area contributed by atoms with Crippen molar-refractivity contribution < 1.29 is 19.5 Å². The molecule has 0 amide bonds. The highest BCUT2D eigenvalue weighted by atomic mass is 16.5. The van der Waals surface area contributed by atoms with E-state index in [0.29, 0.717) is 5.69 Å². The Kier molecular flexibility index (Phi) is 1.82. The first-order valence-corrected chi connectivity index (χ1v) is 4.98. The Labute approximate surface area is 95.9 Å². The van der Waals surface area contributed by atoms with Gasteiger partial charge in [-0.3, -0.25) is 14.8 Å². The van der Waals surface area contributed by atoms with Gasteiger partial charge in [-0.2, -0.15) is 0 Å². The summed E-state index contributed by atoms with van der Waals surface area (Å²) in [7, 11) is 0. The molecule has 0 saturated carbocycles. The molecule has 1 N–H and O–H groups in total. The lowest BCUT2D eigenvalue weighted by Crippen LogP contribution is -2.38. The average molecular weight is 227 g/mol. The van der Waals surface area contributed by atoms with Crippen LogP contribution >= 0.6 is 0 Å². The van der Waals surface area contributed by atoms with Gasteiger partial charge in [-0.25, -0.2) is 4.98 Å². The van der Waals surface area contributed by atoms with E-state index in [2.05, 4.69) is 4.98 Å². The summed E-state index contributed by atoms with van der Waals surface area (Å²) in [6, 6.07) is 6.11. The summed E-state index contributed by atoms with van der Waals surface area (Å²) in [6.07, 6.45) is 2.90. The lowest BCUT2D eigenvalue weighted by molar-refractivity contribution is -0.896. The zero-order chi connectivity index (χ0) is 12.0. The number of fused-ring (bicyclic) bond motifs is 3. The highest BCUT2D eigenvalue weighted by molar-refractivity contribution is 6.52. The lowest BCUT2D eigenvalue weighted by atomic mass is 9.90. The molecule has 0 atom stereocenters. The molecule has 0 fully saturated rings. The van der Waals surface area contributed by atoms with Gasteiger partial charge in [0.25, 0.3) is 5.69 Å². The number of rotatable bonds is 0. The van der Waals surface area contributed by atoms with Crippen LogP contribution < -0.4 is 4.73 Å². The third-order valence-electron chi connectivity index (χ3n) is 2.70. The first kappa shape index (κ1) is 9.65. The van der Waals surface area contributed by atoms with Gasteiger partial charge in [-0.05, 0) is 18.2 Å². The topological polar surface area (TPSA) is 71.1 Å². The Balaban J connectivity index is 2.45. The van der Waals surface area contributed by atoms with E-state index in [4.69, 9.17) is 0 Å². The molecule has 0 aliphatic heterocycles. The molecule has 5 nitrogen and oxygen atoms in total. The Morgan fingerprint density at radius 3 is 2.59 bits per heavy atom. The second-order valence-corrected chi connectivity index (χ2v) is 3.67. The van der Waals surface area contributed by atoms with Crippen molar-refractivity contribution in [2.24, 2.45) is 0 Å². The van der Waals surface area contributed by atoms with Crippen molar-refractivity contribution >= 4 is 11.6 Å². The molecule has 0 spiro atoms. The van der Waals surface area contributed by atoms with Gasteiger partial charge in [0.2, 0.25) is 17.8 Å². The molecule has 0 saturated heterocycles. The lowest BCUT2D eigenvalue weighted by Gasteiger charge is -2.11. The number of ketones is 2. The summed E-state index contributed by atoms with van der Waals surface area (Å²) in [5.41, 5.74) is 0.980. The molecule has 82 valence electrons. The van der Waals surface area contributed by atoms with Crippen molar-refractivity contribution in [3.8, 4) is 11.4 Å². The molecular weight excluding hydrogens is 220 g/mol. The van der Waals surface area contributed by atoms with Gasteiger partial charge in [-0.1, -0.05) is 0 Å². The molecule has 0 aromatic carbocycles. The molecule has 0 bridgehead atoms. The zero-order valence-electron chi connectivity index (χ0n) is 8.62. The predicted molar refractivity (Wildman–Crippen MR) is 55.7 cm³/mol. The van der Waals surface area contributed by atoms with E-state index in [1.54, 1.807) is 6.07 Å². The minimum Gasteiger partial charge on any atom is -0.285 e. The molecule has 2 aromatic heterocycles. The van der Waals surface area contributed by atoms with Crippen LogP contribution in [0.2, 0.25) is 0 Å². The van der Waals surface area contributed by atoms with E-state index in [0.717, 1.165) is 4.73 Å². The van der Waals surface area contributed by atoms with E-state index >= 15 is 0 Å². The molecule has 2 heterocycles. The van der Waals surface area contributed by atoms with Crippen LogP contribution in [0.4, 0.5) is 0 Å². The van der Waals surface area contributed by atoms with Gasteiger partial charge < -0.3 is 0 Å². The number of Topliss-reactive ketones (excluding diaryl/α,β-unsaturated/α-hetero) is 2. The fourth-order valence-corrected chi connectivity index (χ4v) is 1.94. The maximum Gasteiger partial charge on any atom is 0.294 e. The third-order valence-corrected chi connectivity index (χ3v) is 2.70. The molecule has 17 heavy (non-hydrogen) atoms. The standard InChI is InChI=1S/C12H7N2O3/c15-11-7-3-1-5-13-9(7)10-8(12(11)16)4-2-6-14(10)17/h1-6,17H/q+1.